The van der Waals surface area contributed by atoms with Crippen LogP contribution in [-0.4, -0.2) is 21.2 Å². The van der Waals surface area contributed by atoms with Gasteiger partial charge in [0.15, 0.2) is 0 Å². The zero-order chi connectivity index (χ0) is 16.5. The van der Waals surface area contributed by atoms with Crippen LogP contribution in [0, 0.1) is 0 Å². The zero-order valence-electron chi connectivity index (χ0n) is 13.0. The first-order valence-electron chi connectivity index (χ1n) is 7.44. The Morgan fingerprint density at radius 1 is 1.13 bits per heavy atom. The third kappa shape index (κ3) is 5.41. The van der Waals surface area contributed by atoms with Crippen LogP contribution >= 0.6 is 0 Å². The Balaban J connectivity index is 1.99. The van der Waals surface area contributed by atoms with E-state index in [0.29, 0.717) is 6.61 Å². The van der Waals surface area contributed by atoms with E-state index in [4.69, 9.17) is 4.74 Å². The van der Waals surface area contributed by atoms with Crippen LogP contribution in [0.25, 0.3) is 0 Å². The lowest BCUT2D eigenvalue weighted by atomic mass is 10.2. The molecule has 0 aromatic heterocycles. The van der Waals surface area contributed by atoms with Gasteiger partial charge in [-0.3, -0.25) is 0 Å². The number of hydrogen-bond donors (Lipinski definition) is 1. The second-order valence-electron chi connectivity index (χ2n) is 4.94. The molecule has 0 spiro atoms. The summed E-state index contributed by atoms with van der Waals surface area (Å²) in [5.74, 6) is 0.744. The van der Waals surface area contributed by atoms with Gasteiger partial charge in [-0.2, -0.15) is 13.5 Å². The van der Waals surface area contributed by atoms with Gasteiger partial charge in [0.25, 0.3) is 10.0 Å². The van der Waals surface area contributed by atoms with Crippen LogP contribution in [0.5, 0.6) is 5.75 Å². The maximum atomic E-state index is 12.0. The summed E-state index contributed by atoms with van der Waals surface area (Å²) >= 11 is 0. The molecule has 1 N–H and O–H groups in total. The molecule has 23 heavy (non-hydrogen) atoms. The molecule has 0 bridgehead atoms. The van der Waals surface area contributed by atoms with E-state index in [1.165, 1.54) is 18.3 Å². The molecule has 0 aliphatic heterocycles. The van der Waals surface area contributed by atoms with E-state index in [0.717, 1.165) is 24.2 Å². The van der Waals surface area contributed by atoms with E-state index >= 15 is 0 Å². The van der Waals surface area contributed by atoms with Crippen molar-refractivity contribution in [2.24, 2.45) is 5.10 Å². The molecule has 0 atom stereocenters. The zero-order valence-corrected chi connectivity index (χ0v) is 13.8. The fourth-order valence-electron chi connectivity index (χ4n) is 1.84. The number of nitrogens with zero attached hydrogens (tertiary/aromatic N) is 1. The first kappa shape index (κ1) is 17.0. The number of benzene rings is 2. The second kappa shape index (κ2) is 8.33. The quantitative estimate of drug-likeness (QED) is 0.459. The van der Waals surface area contributed by atoms with Gasteiger partial charge in [-0.05, 0) is 36.2 Å². The summed E-state index contributed by atoms with van der Waals surface area (Å²) in [6.07, 6.45) is 3.52. The molecule has 0 radical (unpaired) electrons. The largest absolute Gasteiger partial charge is 0.494 e. The first-order chi connectivity index (χ1) is 11.1. The first-order valence-corrected chi connectivity index (χ1v) is 8.93. The van der Waals surface area contributed by atoms with Gasteiger partial charge in [0.2, 0.25) is 0 Å². The minimum absolute atomic E-state index is 0.175. The van der Waals surface area contributed by atoms with E-state index < -0.39 is 10.0 Å². The predicted octanol–water partition coefficient (Wildman–Crippen LogP) is 3.18. The number of ether oxygens (including phenoxy) is 1. The van der Waals surface area contributed by atoms with Crippen LogP contribution in [0.1, 0.15) is 25.3 Å². The molecule has 2 aromatic carbocycles. The van der Waals surface area contributed by atoms with Crippen molar-refractivity contribution in [2.45, 2.75) is 24.7 Å². The highest BCUT2D eigenvalue weighted by Crippen LogP contribution is 2.13. The van der Waals surface area contributed by atoms with E-state index in [1.807, 2.05) is 24.3 Å². The fourth-order valence-corrected chi connectivity index (χ4v) is 2.65. The van der Waals surface area contributed by atoms with Crippen LogP contribution in [0.2, 0.25) is 0 Å². The Morgan fingerprint density at radius 2 is 1.91 bits per heavy atom. The molecule has 0 saturated heterocycles. The molecule has 0 saturated carbocycles. The van der Waals surface area contributed by atoms with Crippen molar-refractivity contribution in [3.05, 3.63) is 60.2 Å². The number of sulfonamides is 1. The van der Waals surface area contributed by atoms with Crippen molar-refractivity contribution < 1.29 is 13.2 Å². The molecular weight excluding hydrogens is 312 g/mol. The average molecular weight is 332 g/mol. The van der Waals surface area contributed by atoms with Gasteiger partial charge in [0, 0.05) is 0 Å². The number of hydrogen-bond acceptors (Lipinski definition) is 4. The Labute approximate surface area is 137 Å². The number of hydrazone groups is 1. The summed E-state index contributed by atoms with van der Waals surface area (Å²) < 4.78 is 29.6. The van der Waals surface area contributed by atoms with Crippen molar-refractivity contribution in [3.63, 3.8) is 0 Å². The molecule has 0 unspecified atom stereocenters. The summed E-state index contributed by atoms with van der Waals surface area (Å²) in [6, 6.07) is 15.5. The summed E-state index contributed by atoms with van der Waals surface area (Å²) in [5.41, 5.74) is 0.759. The van der Waals surface area contributed by atoms with Crippen molar-refractivity contribution in [3.8, 4) is 5.75 Å². The molecule has 5 nitrogen and oxygen atoms in total. The van der Waals surface area contributed by atoms with Crippen molar-refractivity contribution in [1.29, 1.82) is 0 Å². The smallest absolute Gasteiger partial charge is 0.276 e. The topological polar surface area (TPSA) is 67.8 Å². The standard InChI is InChI=1S/C17H20N2O3S/c1-2-3-12-22-16-9-7-8-15(13-16)14-18-19-23(20,21)17-10-5-4-6-11-17/h4-11,13-14,19H,2-3,12H2,1H3/b18-14+. The number of rotatable bonds is 8. The van der Waals surface area contributed by atoms with E-state index in [9.17, 15) is 8.42 Å². The van der Waals surface area contributed by atoms with Gasteiger partial charge < -0.3 is 4.74 Å². The highest BCUT2D eigenvalue weighted by atomic mass is 32.2. The third-order valence-corrected chi connectivity index (χ3v) is 4.30. The maximum Gasteiger partial charge on any atom is 0.276 e. The highest BCUT2D eigenvalue weighted by Gasteiger charge is 2.10. The van der Waals surface area contributed by atoms with E-state index in [-0.39, 0.29) is 4.90 Å². The average Bonchev–Trinajstić information content (AvgIpc) is 2.56. The van der Waals surface area contributed by atoms with Gasteiger partial charge in [0.1, 0.15) is 5.75 Å². The summed E-state index contributed by atoms with van der Waals surface area (Å²) in [5, 5.41) is 3.81. The molecule has 122 valence electrons. The van der Waals surface area contributed by atoms with E-state index in [2.05, 4.69) is 16.9 Å². The minimum Gasteiger partial charge on any atom is -0.494 e. The summed E-state index contributed by atoms with van der Waals surface area (Å²) in [7, 11) is -3.64. The van der Waals surface area contributed by atoms with E-state index in [1.54, 1.807) is 18.2 Å². The third-order valence-electron chi connectivity index (χ3n) is 3.06. The minimum atomic E-state index is -3.64. The second-order valence-corrected chi connectivity index (χ2v) is 6.60. The molecular formula is C17H20N2O3S. The van der Waals surface area contributed by atoms with Gasteiger partial charge >= 0.3 is 0 Å². The molecule has 0 aliphatic carbocycles. The molecule has 0 amide bonds. The summed E-state index contributed by atoms with van der Waals surface area (Å²) in [4.78, 5) is 2.37. The maximum absolute atomic E-state index is 12.0. The molecule has 2 aromatic rings. The van der Waals surface area contributed by atoms with Crippen molar-refractivity contribution in [1.82, 2.24) is 4.83 Å². The number of nitrogens with one attached hydrogen (secondary N) is 1. The lowest BCUT2D eigenvalue weighted by Crippen LogP contribution is -2.18. The predicted molar refractivity (Wildman–Crippen MR) is 91.2 cm³/mol. The van der Waals surface area contributed by atoms with Gasteiger partial charge in [-0.15, -0.1) is 0 Å². The Kier molecular flexibility index (Phi) is 6.17. The molecule has 0 fully saturated rings. The normalized spacial score (nSPS) is 11.5. The van der Waals surface area contributed by atoms with Gasteiger partial charge in [-0.25, -0.2) is 4.83 Å². The SMILES string of the molecule is CCCCOc1cccc(/C=N/NS(=O)(=O)c2ccccc2)c1. The lowest BCUT2D eigenvalue weighted by Gasteiger charge is -2.05. The van der Waals surface area contributed by atoms with Crippen molar-refractivity contribution in [2.75, 3.05) is 6.61 Å². The summed E-state index contributed by atoms with van der Waals surface area (Å²) in [6.45, 7) is 2.77. The molecule has 0 aliphatic rings. The van der Waals surface area contributed by atoms with Crippen LogP contribution in [0.4, 0.5) is 0 Å². The lowest BCUT2D eigenvalue weighted by molar-refractivity contribution is 0.309. The van der Waals surface area contributed by atoms with Gasteiger partial charge in [0.05, 0.1) is 17.7 Å². The van der Waals surface area contributed by atoms with Crippen LogP contribution in [0.15, 0.2) is 64.6 Å². The van der Waals surface area contributed by atoms with Crippen LogP contribution < -0.4 is 9.57 Å². The van der Waals surface area contributed by atoms with Crippen molar-refractivity contribution >= 4 is 16.2 Å². The van der Waals surface area contributed by atoms with Crippen LogP contribution in [-0.2, 0) is 10.0 Å². The van der Waals surface area contributed by atoms with Crippen LogP contribution in [0.3, 0.4) is 0 Å². The number of unbranched alkanes of at least 4 members (excludes halogenated alkanes) is 1. The van der Waals surface area contributed by atoms with Gasteiger partial charge in [-0.1, -0.05) is 43.7 Å². The molecule has 2 rings (SSSR count). The Hall–Kier alpha value is -2.34. The fraction of sp³-hybridized carbons (Fsp3) is 0.235. The molecule has 0 heterocycles. The highest BCUT2D eigenvalue weighted by molar-refractivity contribution is 7.89. The Morgan fingerprint density at radius 3 is 2.65 bits per heavy atom. The molecule has 6 heteroatoms. The Bertz CT molecular complexity index is 743. The monoisotopic (exact) mass is 332 g/mol.